The minimum Gasteiger partial charge on any atom is -0.394 e. The Labute approximate surface area is 192 Å². The van der Waals surface area contributed by atoms with Gasteiger partial charge in [0, 0.05) is 12.2 Å². The molecule has 0 unspecified atom stereocenters. The fourth-order valence-corrected chi connectivity index (χ4v) is 1.90. The van der Waals surface area contributed by atoms with Gasteiger partial charge in [0.2, 0.25) is 0 Å². The molecule has 13 nitrogen and oxygen atoms in total. The van der Waals surface area contributed by atoms with Crippen molar-refractivity contribution >= 4 is 11.9 Å². The molecule has 0 saturated heterocycles. The molecule has 0 bridgehead atoms. The van der Waals surface area contributed by atoms with Gasteiger partial charge in [0.1, 0.15) is 25.4 Å². The van der Waals surface area contributed by atoms with Crippen molar-refractivity contribution in [3.63, 3.8) is 0 Å². The van der Waals surface area contributed by atoms with Crippen LogP contribution in [-0.4, -0.2) is 114 Å². The largest absolute Gasteiger partial charge is 0.394 e. The molecule has 0 aliphatic heterocycles. The highest BCUT2D eigenvalue weighted by Crippen LogP contribution is 1.99. The maximum absolute atomic E-state index is 11.0. The standard InChI is InChI=1S/C20H34O13/c1-3-19(23)32-30-15-18(16-31-33-20(24)4-2)29-12-10-25-9-11-28-17(13-26-7-5-21)14-27-8-6-22/h3-4,17-18,21-22H,1-2,5-16H2. The number of ether oxygens (including phenoxy) is 5. The summed E-state index contributed by atoms with van der Waals surface area (Å²) in [6, 6.07) is 0. The predicted molar refractivity (Wildman–Crippen MR) is 111 cm³/mol. The second-order valence-corrected chi connectivity index (χ2v) is 5.98. The lowest BCUT2D eigenvalue weighted by atomic mass is 10.4. The first-order valence-corrected chi connectivity index (χ1v) is 10.2. The highest BCUT2D eigenvalue weighted by Gasteiger charge is 2.14. The van der Waals surface area contributed by atoms with E-state index in [1.54, 1.807) is 0 Å². The van der Waals surface area contributed by atoms with Crippen LogP contribution in [0.1, 0.15) is 0 Å². The number of carbonyl (C=O) groups excluding carboxylic acids is 2. The van der Waals surface area contributed by atoms with Gasteiger partial charge in [-0.2, -0.15) is 9.78 Å². The van der Waals surface area contributed by atoms with Crippen molar-refractivity contribution in [3.8, 4) is 0 Å². The molecule has 0 aliphatic carbocycles. The van der Waals surface area contributed by atoms with Crippen LogP contribution in [0.25, 0.3) is 0 Å². The minimum absolute atomic E-state index is 0.0994. The van der Waals surface area contributed by atoms with Crippen LogP contribution in [0.5, 0.6) is 0 Å². The van der Waals surface area contributed by atoms with Gasteiger partial charge >= 0.3 is 11.9 Å². The number of aliphatic hydroxyl groups is 2. The van der Waals surface area contributed by atoms with Crippen LogP contribution in [0.4, 0.5) is 0 Å². The quantitative estimate of drug-likeness (QED) is 0.0756. The van der Waals surface area contributed by atoms with Crippen LogP contribution in [0.2, 0.25) is 0 Å². The molecule has 0 aliphatic rings. The van der Waals surface area contributed by atoms with E-state index in [0.717, 1.165) is 12.2 Å². The molecule has 0 rings (SSSR count). The minimum atomic E-state index is -0.780. The van der Waals surface area contributed by atoms with Crippen LogP contribution in [0.3, 0.4) is 0 Å². The third-order valence-corrected chi connectivity index (χ3v) is 3.36. The molecule has 33 heavy (non-hydrogen) atoms. The summed E-state index contributed by atoms with van der Waals surface area (Å²) in [6.07, 6.45) is 0.738. The molecular weight excluding hydrogens is 448 g/mol. The average Bonchev–Trinajstić information content (AvgIpc) is 2.82. The lowest BCUT2D eigenvalue weighted by Gasteiger charge is -2.18. The molecule has 0 spiro atoms. The molecule has 192 valence electrons. The van der Waals surface area contributed by atoms with Gasteiger partial charge in [0.05, 0.1) is 66.1 Å². The number of hydrogen-bond acceptors (Lipinski definition) is 13. The maximum atomic E-state index is 11.0. The predicted octanol–water partition coefficient (Wildman–Crippen LogP) is -0.887. The first kappa shape index (κ1) is 31.1. The number of aliphatic hydroxyl groups excluding tert-OH is 2. The summed E-state index contributed by atoms with van der Waals surface area (Å²) in [4.78, 5) is 40.3. The van der Waals surface area contributed by atoms with Gasteiger partial charge in [-0.15, -0.1) is 0 Å². The van der Waals surface area contributed by atoms with E-state index in [0.29, 0.717) is 0 Å². The second-order valence-electron chi connectivity index (χ2n) is 5.98. The Morgan fingerprint density at radius 3 is 1.45 bits per heavy atom. The van der Waals surface area contributed by atoms with Crippen molar-refractivity contribution in [2.24, 2.45) is 0 Å². The fraction of sp³-hybridized carbons (Fsp3) is 0.700. The topological polar surface area (TPSA) is 158 Å². The maximum Gasteiger partial charge on any atom is 0.365 e. The van der Waals surface area contributed by atoms with Gasteiger partial charge in [0.25, 0.3) is 0 Å². The summed E-state index contributed by atoms with van der Waals surface area (Å²) in [6.45, 7) is 7.52. The first-order chi connectivity index (χ1) is 16.1. The average molecular weight is 482 g/mol. The summed E-state index contributed by atoms with van der Waals surface area (Å²) in [5.74, 6) is -1.56. The molecule has 0 radical (unpaired) electrons. The summed E-state index contributed by atoms with van der Waals surface area (Å²) in [5.41, 5.74) is 0. The van der Waals surface area contributed by atoms with Crippen LogP contribution >= 0.6 is 0 Å². The molecule has 0 aromatic heterocycles. The highest BCUT2D eigenvalue weighted by atomic mass is 17.2. The number of hydrogen-bond donors (Lipinski definition) is 2. The lowest BCUT2D eigenvalue weighted by Crippen LogP contribution is -2.29. The van der Waals surface area contributed by atoms with Crippen molar-refractivity contribution in [2.75, 3.05) is 79.3 Å². The Bertz CT molecular complexity index is 478. The van der Waals surface area contributed by atoms with E-state index >= 15 is 0 Å². The SMILES string of the molecule is C=CC(=O)OOCC(COOC(=O)C=C)OCCOCCOC(COCCO)COCCO. The zero-order valence-electron chi connectivity index (χ0n) is 18.6. The van der Waals surface area contributed by atoms with Crippen LogP contribution in [0.15, 0.2) is 25.3 Å². The van der Waals surface area contributed by atoms with E-state index in [9.17, 15) is 9.59 Å². The lowest BCUT2D eigenvalue weighted by molar-refractivity contribution is -0.305. The van der Waals surface area contributed by atoms with Crippen molar-refractivity contribution in [1.82, 2.24) is 0 Å². The summed E-state index contributed by atoms with van der Waals surface area (Å²) >= 11 is 0. The zero-order valence-corrected chi connectivity index (χ0v) is 18.6. The van der Waals surface area contributed by atoms with Gasteiger partial charge < -0.3 is 33.9 Å². The molecule has 13 heteroatoms. The molecule has 0 saturated carbocycles. The molecule has 2 N–H and O–H groups in total. The van der Waals surface area contributed by atoms with E-state index in [2.05, 4.69) is 22.9 Å². The molecule has 0 fully saturated rings. The van der Waals surface area contributed by atoms with Gasteiger partial charge in [-0.3, -0.25) is 9.78 Å². The van der Waals surface area contributed by atoms with E-state index in [1.807, 2.05) is 0 Å². The third kappa shape index (κ3) is 20.4. The van der Waals surface area contributed by atoms with Gasteiger partial charge in [-0.05, 0) is 0 Å². The van der Waals surface area contributed by atoms with Crippen LogP contribution < -0.4 is 0 Å². The molecule has 0 heterocycles. The zero-order chi connectivity index (χ0) is 24.6. The van der Waals surface area contributed by atoms with Gasteiger partial charge in [-0.1, -0.05) is 13.2 Å². The summed E-state index contributed by atoms with van der Waals surface area (Å²) in [7, 11) is 0. The fourth-order valence-electron chi connectivity index (χ4n) is 1.90. The van der Waals surface area contributed by atoms with E-state index in [1.165, 1.54) is 0 Å². The van der Waals surface area contributed by atoms with E-state index in [4.69, 9.17) is 43.7 Å². The Hall–Kier alpha value is -1.94. The highest BCUT2D eigenvalue weighted by molar-refractivity contribution is 5.80. The molecule has 0 atom stereocenters. The molecular formula is C20H34O13. The Morgan fingerprint density at radius 2 is 1.06 bits per heavy atom. The summed E-state index contributed by atoms with van der Waals surface area (Å²) in [5, 5.41) is 17.5. The van der Waals surface area contributed by atoms with Crippen molar-refractivity contribution < 1.29 is 63.0 Å². The van der Waals surface area contributed by atoms with Gasteiger partial charge in [-0.25, -0.2) is 9.59 Å². The van der Waals surface area contributed by atoms with E-state index < -0.39 is 18.0 Å². The normalized spacial score (nSPS) is 11.0. The monoisotopic (exact) mass is 482 g/mol. The van der Waals surface area contributed by atoms with E-state index in [-0.39, 0.29) is 85.4 Å². The van der Waals surface area contributed by atoms with Crippen LogP contribution in [-0.2, 0) is 52.8 Å². The van der Waals surface area contributed by atoms with Crippen molar-refractivity contribution in [3.05, 3.63) is 25.3 Å². The van der Waals surface area contributed by atoms with Crippen molar-refractivity contribution in [2.45, 2.75) is 12.2 Å². The molecule has 0 aromatic rings. The number of rotatable bonds is 24. The first-order valence-electron chi connectivity index (χ1n) is 10.2. The van der Waals surface area contributed by atoms with Gasteiger partial charge in [0.15, 0.2) is 0 Å². The smallest absolute Gasteiger partial charge is 0.365 e. The second kappa shape index (κ2) is 23.2. The third-order valence-electron chi connectivity index (χ3n) is 3.36. The van der Waals surface area contributed by atoms with Crippen LogP contribution in [0, 0.1) is 0 Å². The Kier molecular flexibility index (Phi) is 21.9. The number of carbonyl (C=O) groups is 2. The Balaban J connectivity index is 4.12. The molecule has 0 aromatic carbocycles. The van der Waals surface area contributed by atoms with Crippen molar-refractivity contribution in [1.29, 1.82) is 0 Å². The Morgan fingerprint density at radius 1 is 0.636 bits per heavy atom. The molecule has 0 amide bonds. The summed E-state index contributed by atoms with van der Waals surface area (Å²) < 4.78 is 27.0.